The lowest BCUT2D eigenvalue weighted by atomic mass is 9.66. The van der Waals surface area contributed by atoms with Gasteiger partial charge in [0.25, 0.3) is 0 Å². The predicted octanol–water partition coefficient (Wildman–Crippen LogP) is 6.56. The lowest BCUT2D eigenvalue weighted by Gasteiger charge is -2.52. The van der Waals surface area contributed by atoms with Crippen LogP contribution in [0, 0.1) is 5.92 Å². The Morgan fingerprint density at radius 1 is 1.06 bits per heavy atom. The summed E-state index contributed by atoms with van der Waals surface area (Å²) in [6.07, 6.45) is 8.29. The lowest BCUT2D eigenvalue weighted by Crippen LogP contribution is -2.56. The molecule has 2 unspecified atom stereocenters. The fourth-order valence-electron chi connectivity index (χ4n) is 6.07. The van der Waals surface area contributed by atoms with Crippen molar-refractivity contribution in [3.05, 3.63) is 71.3 Å². The molecule has 3 atom stereocenters. The smallest absolute Gasteiger partial charge is 0.247 e. The minimum atomic E-state index is -0.673. The molecule has 35 heavy (non-hydrogen) atoms. The average Bonchev–Trinajstić information content (AvgIpc) is 2.87. The Kier molecular flexibility index (Phi) is 8.01. The molecule has 1 aliphatic carbocycles. The van der Waals surface area contributed by atoms with Crippen LogP contribution in [0.25, 0.3) is 6.08 Å². The first-order chi connectivity index (χ1) is 16.9. The highest BCUT2D eigenvalue weighted by atomic mass is 16.3. The summed E-state index contributed by atoms with van der Waals surface area (Å²) in [6.45, 7) is 11.2. The van der Waals surface area contributed by atoms with Gasteiger partial charge in [-0.1, -0.05) is 63.1 Å². The summed E-state index contributed by atoms with van der Waals surface area (Å²) in [7, 11) is 0. The first-order valence-corrected chi connectivity index (χ1v) is 13.5. The zero-order valence-corrected chi connectivity index (χ0v) is 21.9. The third-order valence-electron chi connectivity index (χ3n) is 8.24. The molecule has 4 heteroatoms. The van der Waals surface area contributed by atoms with E-state index in [9.17, 15) is 9.90 Å². The molecule has 0 bridgehead atoms. The van der Waals surface area contributed by atoms with Crippen LogP contribution in [0.15, 0.2) is 54.6 Å². The Morgan fingerprint density at radius 2 is 1.74 bits per heavy atom. The molecular weight excluding hydrogens is 432 g/mol. The van der Waals surface area contributed by atoms with Crippen molar-refractivity contribution in [3.63, 3.8) is 0 Å². The van der Waals surface area contributed by atoms with E-state index in [1.54, 1.807) is 6.08 Å². The summed E-state index contributed by atoms with van der Waals surface area (Å²) in [4.78, 5) is 17.9. The Labute approximate surface area is 211 Å². The van der Waals surface area contributed by atoms with E-state index in [0.29, 0.717) is 18.9 Å². The van der Waals surface area contributed by atoms with E-state index in [-0.39, 0.29) is 17.9 Å². The zero-order chi connectivity index (χ0) is 25.0. The highest BCUT2D eigenvalue weighted by Crippen LogP contribution is 2.49. The van der Waals surface area contributed by atoms with E-state index >= 15 is 0 Å². The van der Waals surface area contributed by atoms with Gasteiger partial charge in [0.15, 0.2) is 0 Å². The molecule has 1 N–H and O–H groups in total. The number of fused-ring (bicyclic) bond motifs is 1. The quantitative estimate of drug-likeness (QED) is 0.462. The summed E-state index contributed by atoms with van der Waals surface area (Å²) in [5, 5.41) is 11.6. The first-order valence-electron chi connectivity index (χ1n) is 13.5. The van der Waals surface area contributed by atoms with Gasteiger partial charge in [0.1, 0.15) is 0 Å². The maximum Gasteiger partial charge on any atom is 0.247 e. The molecule has 2 aromatic rings. The van der Waals surface area contributed by atoms with Crippen LogP contribution in [0.2, 0.25) is 0 Å². The predicted molar refractivity (Wildman–Crippen MR) is 146 cm³/mol. The third kappa shape index (κ3) is 5.48. The molecule has 0 spiro atoms. The number of carbonyl (C=O) groups excluding carboxylic acids is 1. The molecule has 1 heterocycles. The van der Waals surface area contributed by atoms with Gasteiger partial charge >= 0.3 is 0 Å². The molecule has 0 aromatic heterocycles. The SMILES string of the molecule is CCN(CC)c1ccc([C@H]2C3CCCCC3(O)CCN2C(=O)/C=C/c2ccc(C(C)C)cc2)cc1. The maximum absolute atomic E-state index is 13.5. The van der Waals surface area contributed by atoms with Crippen LogP contribution in [0.3, 0.4) is 0 Å². The largest absolute Gasteiger partial charge is 0.389 e. The van der Waals surface area contributed by atoms with Crippen molar-refractivity contribution in [2.24, 2.45) is 5.92 Å². The van der Waals surface area contributed by atoms with Crippen LogP contribution >= 0.6 is 0 Å². The molecule has 2 aromatic carbocycles. The van der Waals surface area contributed by atoms with Crippen LogP contribution < -0.4 is 4.90 Å². The Morgan fingerprint density at radius 3 is 2.37 bits per heavy atom. The van der Waals surface area contributed by atoms with Crippen molar-refractivity contribution in [3.8, 4) is 0 Å². The summed E-state index contributed by atoms with van der Waals surface area (Å²) < 4.78 is 0. The van der Waals surface area contributed by atoms with Gasteiger partial charge in [0.2, 0.25) is 5.91 Å². The Bertz CT molecular complexity index is 1010. The molecule has 4 nitrogen and oxygen atoms in total. The van der Waals surface area contributed by atoms with E-state index in [2.05, 4.69) is 81.1 Å². The molecule has 1 amide bonds. The number of benzene rings is 2. The number of likely N-dealkylation sites (tertiary alicyclic amines) is 1. The highest BCUT2D eigenvalue weighted by molar-refractivity contribution is 5.92. The molecule has 1 aliphatic heterocycles. The van der Waals surface area contributed by atoms with E-state index in [1.807, 2.05) is 11.0 Å². The Hall–Kier alpha value is -2.59. The van der Waals surface area contributed by atoms with Gasteiger partial charge < -0.3 is 14.9 Å². The number of hydrogen-bond acceptors (Lipinski definition) is 3. The Balaban J connectivity index is 1.61. The fraction of sp³-hybridized carbons (Fsp3) is 0.516. The number of piperidine rings is 1. The molecule has 2 aliphatic rings. The molecule has 4 rings (SSSR count). The van der Waals surface area contributed by atoms with Crippen molar-refractivity contribution in [2.75, 3.05) is 24.5 Å². The highest BCUT2D eigenvalue weighted by Gasteiger charge is 2.49. The van der Waals surface area contributed by atoms with Crippen molar-refractivity contribution in [1.29, 1.82) is 0 Å². The van der Waals surface area contributed by atoms with Gasteiger partial charge in [0, 0.05) is 37.3 Å². The van der Waals surface area contributed by atoms with Gasteiger partial charge in [0.05, 0.1) is 11.6 Å². The van der Waals surface area contributed by atoms with Crippen molar-refractivity contribution < 1.29 is 9.90 Å². The maximum atomic E-state index is 13.5. The van der Waals surface area contributed by atoms with Gasteiger partial charge in [-0.2, -0.15) is 0 Å². The normalized spacial score (nSPS) is 24.6. The molecule has 1 saturated heterocycles. The topological polar surface area (TPSA) is 43.8 Å². The van der Waals surface area contributed by atoms with E-state index in [0.717, 1.165) is 49.9 Å². The van der Waals surface area contributed by atoms with Crippen LogP contribution in [-0.2, 0) is 4.79 Å². The van der Waals surface area contributed by atoms with Crippen molar-refractivity contribution in [1.82, 2.24) is 4.90 Å². The van der Waals surface area contributed by atoms with Crippen LogP contribution in [0.1, 0.15) is 88.4 Å². The van der Waals surface area contributed by atoms with Crippen LogP contribution in [-0.4, -0.2) is 41.1 Å². The molecular formula is C31H42N2O2. The first kappa shape index (κ1) is 25.5. The van der Waals surface area contributed by atoms with Gasteiger partial charge in [-0.05, 0) is 73.9 Å². The molecule has 2 fully saturated rings. The van der Waals surface area contributed by atoms with Crippen molar-refractivity contribution in [2.45, 2.75) is 77.4 Å². The second-order valence-corrected chi connectivity index (χ2v) is 10.6. The lowest BCUT2D eigenvalue weighted by molar-refractivity contribution is -0.150. The summed E-state index contributed by atoms with van der Waals surface area (Å²) in [5.41, 5.74) is 4.00. The number of nitrogens with zero attached hydrogens (tertiary/aromatic N) is 2. The second kappa shape index (κ2) is 11.0. The minimum absolute atomic E-state index is 0.0309. The summed E-state index contributed by atoms with van der Waals surface area (Å²) in [5.74, 6) is 0.599. The van der Waals surface area contributed by atoms with E-state index < -0.39 is 5.60 Å². The molecule has 1 saturated carbocycles. The number of aliphatic hydroxyl groups is 1. The number of carbonyl (C=O) groups is 1. The zero-order valence-electron chi connectivity index (χ0n) is 21.9. The van der Waals surface area contributed by atoms with Crippen LogP contribution in [0.4, 0.5) is 5.69 Å². The summed E-state index contributed by atoms with van der Waals surface area (Å²) >= 11 is 0. The monoisotopic (exact) mass is 474 g/mol. The number of rotatable bonds is 7. The second-order valence-electron chi connectivity index (χ2n) is 10.6. The average molecular weight is 475 g/mol. The summed E-state index contributed by atoms with van der Waals surface area (Å²) in [6, 6.07) is 17.0. The van der Waals surface area contributed by atoms with E-state index in [1.165, 1.54) is 11.3 Å². The van der Waals surface area contributed by atoms with Gasteiger partial charge in [-0.15, -0.1) is 0 Å². The van der Waals surface area contributed by atoms with Gasteiger partial charge in [-0.25, -0.2) is 0 Å². The number of amides is 1. The molecule has 0 radical (unpaired) electrons. The van der Waals surface area contributed by atoms with Crippen molar-refractivity contribution >= 4 is 17.7 Å². The third-order valence-corrected chi connectivity index (χ3v) is 8.24. The number of anilines is 1. The van der Waals surface area contributed by atoms with E-state index in [4.69, 9.17) is 0 Å². The number of hydrogen-bond donors (Lipinski definition) is 1. The fourth-order valence-corrected chi connectivity index (χ4v) is 6.07. The molecule has 188 valence electrons. The minimum Gasteiger partial charge on any atom is -0.389 e. The van der Waals surface area contributed by atoms with Gasteiger partial charge in [-0.3, -0.25) is 4.79 Å². The standard InChI is InChI=1S/C31H42N2O2/c1-5-32(6-2)27-17-15-26(16-18-27)30-28-9-7-8-20-31(28,35)21-22-33(30)29(34)19-12-24-10-13-25(14-11-24)23(3)4/h10-19,23,28,30,35H,5-9,20-22H2,1-4H3/b19-12+/t28?,30-,31?/m0/s1. The van der Waals surface area contributed by atoms with Crippen LogP contribution in [0.5, 0.6) is 0 Å².